The van der Waals surface area contributed by atoms with Crippen molar-refractivity contribution in [2.45, 2.75) is 6.04 Å². The second-order valence-electron chi connectivity index (χ2n) is 4.53. The fraction of sp³-hybridized carbons (Fsp3) is 0.385. The molecule has 1 aromatic carbocycles. The number of benzene rings is 1. The number of amides is 1. The molecule has 108 valence electrons. The van der Waals surface area contributed by atoms with Gasteiger partial charge < -0.3 is 20.5 Å². The number of rotatable bonds is 4. The minimum absolute atomic E-state index is 0.00734. The number of carbonyl (C=O) groups is 2. The molecular formula is C13H15BrN2O4. The molecule has 0 bridgehead atoms. The maximum atomic E-state index is 12.2. The van der Waals surface area contributed by atoms with Crippen LogP contribution in [0, 0.1) is 5.92 Å². The molecule has 0 aromatic heterocycles. The van der Waals surface area contributed by atoms with Gasteiger partial charge in [-0.15, -0.1) is 0 Å². The highest BCUT2D eigenvalue weighted by molar-refractivity contribution is 9.10. The van der Waals surface area contributed by atoms with Gasteiger partial charge in [0.1, 0.15) is 0 Å². The number of hydrogen-bond donors (Lipinski definition) is 3. The van der Waals surface area contributed by atoms with Crippen LogP contribution in [0.15, 0.2) is 22.7 Å². The molecular weight excluding hydrogens is 328 g/mol. The number of hydrogen-bond acceptors (Lipinski definition) is 4. The number of anilines is 1. The lowest BCUT2D eigenvalue weighted by Gasteiger charge is -2.17. The van der Waals surface area contributed by atoms with Crippen molar-refractivity contribution >= 4 is 33.5 Å². The molecule has 6 nitrogen and oxygen atoms in total. The van der Waals surface area contributed by atoms with Crippen molar-refractivity contribution in [3.05, 3.63) is 28.2 Å². The molecule has 0 aliphatic carbocycles. The Morgan fingerprint density at radius 2 is 2.15 bits per heavy atom. The lowest BCUT2D eigenvalue weighted by Crippen LogP contribution is -2.39. The lowest BCUT2D eigenvalue weighted by atomic mass is 10.0. The van der Waals surface area contributed by atoms with E-state index in [2.05, 4.69) is 26.6 Å². The van der Waals surface area contributed by atoms with Crippen LogP contribution in [0.4, 0.5) is 5.69 Å². The summed E-state index contributed by atoms with van der Waals surface area (Å²) in [5, 5.41) is 14.7. The van der Waals surface area contributed by atoms with E-state index in [0.717, 1.165) is 0 Å². The summed E-state index contributed by atoms with van der Waals surface area (Å²) < 4.78 is 5.82. The van der Waals surface area contributed by atoms with Crippen molar-refractivity contribution in [3.63, 3.8) is 0 Å². The van der Waals surface area contributed by atoms with E-state index in [0.29, 0.717) is 23.4 Å². The molecule has 1 fully saturated rings. The molecule has 0 saturated carbocycles. The molecule has 20 heavy (non-hydrogen) atoms. The van der Waals surface area contributed by atoms with Gasteiger partial charge in [-0.1, -0.05) is 0 Å². The third kappa shape index (κ3) is 3.17. The Balaban J connectivity index is 2.10. The number of aromatic carboxylic acids is 1. The van der Waals surface area contributed by atoms with Crippen molar-refractivity contribution in [2.24, 2.45) is 5.92 Å². The highest BCUT2D eigenvalue weighted by atomic mass is 79.9. The zero-order chi connectivity index (χ0) is 14.7. The summed E-state index contributed by atoms with van der Waals surface area (Å²) in [6, 6.07) is 4.46. The van der Waals surface area contributed by atoms with Crippen molar-refractivity contribution in [1.29, 1.82) is 0 Å². The highest BCUT2D eigenvalue weighted by Gasteiger charge is 2.33. The van der Waals surface area contributed by atoms with Crippen LogP contribution in [0.25, 0.3) is 0 Å². The maximum absolute atomic E-state index is 12.2. The van der Waals surface area contributed by atoms with Crippen LogP contribution in [0.2, 0.25) is 0 Å². The third-order valence-corrected chi connectivity index (χ3v) is 3.92. The van der Waals surface area contributed by atoms with Crippen LogP contribution in [-0.2, 0) is 9.53 Å². The summed E-state index contributed by atoms with van der Waals surface area (Å²) in [7, 11) is 1.79. The summed E-state index contributed by atoms with van der Waals surface area (Å²) in [6.07, 6.45) is 0. The van der Waals surface area contributed by atoms with E-state index in [1.807, 2.05) is 0 Å². The van der Waals surface area contributed by atoms with E-state index < -0.39 is 5.97 Å². The van der Waals surface area contributed by atoms with Crippen LogP contribution in [0.1, 0.15) is 10.4 Å². The van der Waals surface area contributed by atoms with Crippen molar-refractivity contribution in [2.75, 3.05) is 25.6 Å². The Morgan fingerprint density at radius 1 is 1.40 bits per heavy atom. The van der Waals surface area contributed by atoms with Gasteiger partial charge in [0.15, 0.2) is 0 Å². The SMILES string of the molecule is CNC1COCC1C(=O)Nc1ccc(C(=O)O)cc1Br. The Kier molecular flexibility index (Phi) is 4.74. The van der Waals surface area contributed by atoms with Crippen LogP contribution < -0.4 is 10.6 Å². The van der Waals surface area contributed by atoms with E-state index in [1.54, 1.807) is 13.1 Å². The number of carboxylic acid groups (broad SMARTS) is 1. The number of carboxylic acids is 1. The van der Waals surface area contributed by atoms with Gasteiger partial charge >= 0.3 is 5.97 Å². The molecule has 1 heterocycles. The molecule has 1 aliphatic rings. The first kappa shape index (κ1) is 15.0. The van der Waals surface area contributed by atoms with Gasteiger partial charge in [0.2, 0.25) is 5.91 Å². The van der Waals surface area contributed by atoms with Crippen LogP contribution in [-0.4, -0.2) is 43.3 Å². The second-order valence-corrected chi connectivity index (χ2v) is 5.38. The second kappa shape index (κ2) is 6.34. The number of likely N-dealkylation sites (N-methyl/N-ethyl adjacent to an activating group) is 1. The predicted molar refractivity (Wildman–Crippen MR) is 76.9 cm³/mol. The first-order chi connectivity index (χ1) is 9.52. The molecule has 0 spiro atoms. The lowest BCUT2D eigenvalue weighted by molar-refractivity contribution is -0.120. The third-order valence-electron chi connectivity index (χ3n) is 3.26. The number of ether oxygens (including phenoxy) is 1. The largest absolute Gasteiger partial charge is 0.478 e. The Hall–Kier alpha value is -1.44. The quantitative estimate of drug-likeness (QED) is 0.768. The van der Waals surface area contributed by atoms with Gasteiger partial charge in [0, 0.05) is 10.5 Å². The van der Waals surface area contributed by atoms with E-state index in [9.17, 15) is 9.59 Å². The van der Waals surface area contributed by atoms with Crippen molar-refractivity contribution in [1.82, 2.24) is 5.32 Å². The van der Waals surface area contributed by atoms with Gasteiger partial charge in [-0.25, -0.2) is 4.79 Å². The summed E-state index contributed by atoms with van der Waals surface area (Å²) in [6.45, 7) is 0.885. The molecule has 3 N–H and O–H groups in total. The predicted octanol–water partition coefficient (Wildman–Crippen LogP) is 1.32. The highest BCUT2D eigenvalue weighted by Crippen LogP contribution is 2.25. The van der Waals surface area contributed by atoms with Gasteiger partial charge in [-0.2, -0.15) is 0 Å². The summed E-state index contributed by atoms with van der Waals surface area (Å²) in [4.78, 5) is 23.0. The molecule has 1 saturated heterocycles. The molecule has 0 radical (unpaired) electrons. The summed E-state index contributed by atoms with van der Waals surface area (Å²) in [5.41, 5.74) is 0.703. The van der Waals surface area contributed by atoms with Crippen LogP contribution in [0.3, 0.4) is 0 Å². The van der Waals surface area contributed by atoms with Gasteiger partial charge in [0.25, 0.3) is 0 Å². The zero-order valence-corrected chi connectivity index (χ0v) is 12.4. The Labute approximate surface area is 124 Å². The first-order valence-electron chi connectivity index (χ1n) is 6.11. The minimum Gasteiger partial charge on any atom is -0.478 e. The molecule has 1 amide bonds. The smallest absolute Gasteiger partial charge is 0.335 e. The molecule has 2 atom stereocenters. The number of nitrogens with one attached hydrogen (secondary N) is 2. The zero-order valence-electron chi connectivity index (χ0n) is 10.9. The fourth-order valence-corrected chi connectivity index (χ4v) is 2.55. The monoisotopic (exact) mass is 342 g/mol. The standard InChI is InChI=1S/C13H15BrN2O4/c1-15-11-6-20-5-8(11)12(17)16-10-3-2-7(13(18)19)4-9(10)14/h2-4,8,11,15H,5-6H2,1H3,(H,16,17)(H,18,19). The fourth-order valence-electron chi connectivity index (χ4n) is 2.07. The van der Waals surface area contributed by atoms with E-state index in [4.69, 9.17) is 9.84 Å². The summed E-state index contributed by atoms with van der Waals surface area (Å²) >= 11 is 3.26. The average molecular weight is 343 g/mol. The molecule has 2 unspecified atom stereocenters. The molecule has 7 heteroatoms. The van der Waals surface area contributed by atoms with E-state index >= 15 is 0 Å². The van der Waals surface area contributed by atoms with E-state index in [1.165, 1.54) is 12.1 Å². The Morgan fingerprint density at radius 3 is 2.75 bits per heavy atom. The molecule has 1 aliphatic heterocycles. The topological polar surface area (TPSA) is 87.7 Å². The average Bonchev–Trinajstić information content (AvgIpc) is 2.89. The van der Waals surface area contributed by atoms with E-state index in [-0.39, 0.29) is 23.4 Å². The van der Waals surface area contributed by atoms with Gasteiger partial charge in [-0.3, -0.25) is 4.79 Å². The van der Waals surface area contributed by atoms with Gasteiger partial charge in [0.05, 0.1) is 30.4 Å². The Bertz CT molecular complexity index is 535. The van der Waals surface area contributed by atoms with Crippen LogP contribution in [0.5, 0.6) is 0 Å². The molecule has 2 rings (SSSR count). The number of halogens is 1. The maximum Gasteiger partial charge on any atom is 0.335 e. The first-order valence-corrected chi connectivity index (χ1v) is 6.91. The van der Waals surface area contributed by atoms with Crippen molar-refractivity contribution < 1.29 is 19.4 Å². The van der Waals surface area contributed by atoms with Crippen molar-refractivity contribution in [3.8, 4) is 0 Å². The molecule has 1 aromatic rings. The van der Waals surface area contributed by atoms with Gasteiger partial charge in [-0.05, 0) is 41.2 Å². The minimum atomic E-state index is -1.01. The van der Waals surface area contributed by atoms with Crippen LogP contribution >= 0.6 is 15.9 Å². The normalized spacial score (nSPS) is 21.7. The summed E-state index contributed by atoms with van der Waals surface area (Å²) in [5.74, 6) is -1.42. The number of carbonyl (C=O) groups excluding carboxylic acids is 1.